The molecule has 0 saturated carbocycles. The second kappa shape index (κ2) is 14.1. The van der Waals surface area contributed by atoms with Gasteiger partial charge in [0.05, 0.1) is 36.4 Å². The smallest absolute Gasteiger partial charge is 0.208 e. The standard InChI is InChI=1S/C32H37IN2O6/c1-37-23-10-12-24(13-11-23)41-32-20-25(14-15-27(32)33)39-18-5-3-4-6-19-40-30-9-7-8-28-26(30)21-34-17-16-31(38-2)29(34)22-35(28)36/h8,10-17,20,22,26,30H,3-7,9,18-19,21H2,1-2H3/t26-,30?/m0/s1. The fourth-order valence-corrected chi connectivity index (χ4v) is 5.78. The molecule has 0 spiro atoms. The summed E-state index contributed by atoms with van der Waals surface area (Å²) in [5, 5.41) is 12.9. The van der Waals surface area contributed by atoms with Crippen LogP contribution in [0.15, 0.2) is 66.5 Å². The van der Waals surface area contributed by atoms with Crippen LogP contribution in [0.2, 0.25) is 0 Å². The van der Waals surface area contributed by atoms with Gasteiger partial charge in [-0.3, -0.25) is 0 Å². The van der Waals surface area contributed by atoms with Gasteiger partial charge in [0.2, 0.25) is 6.21 Å². The van der Waals surface area contributed by atoms with Gasteiger partial charge in [0, 0.05) is 25.4 Å². The monoisotopic (exact) mass is 672 g/mol. The van der Waals surface area contributed by atoms with Crippen molar-refractivity contribution < 1.29 is 28.4 Å². The van der Waals surface area contributed by atoms with Gasteiger partial charge in [0.1, 0.15) is 34.4 Å². The van der Waals surface area contributed by atoms with E-state index in [0.717, 1.165) is 87.0 Å². The highest BCUT2D eigenvalue weighted by atomic mass is 127. The molecule has 41 heavy (non-hydrogen) atoms. The maximum Gasteiger partial charge on any atom is 0.208 e. The second-order valence-corrected chi connectivity index (χ2v) is 11.4. The summed E-state index contributed by atoms with van der Waals surface area (Å²) >= 11 is 2.27. The van der Waals surface area contributed by atoms with Crippen molar-refractivity contribution in [2.45, 2.75) is 51.2 Å². The van der Waals surface area contributed by atoms with E-state index in [1.54, 1.807) is 20.4 Å². The topological polar surface area (TPSA) is 77.1 Å². The van der Waals surface area contributed by atoms with Crippen LogP contribution in [0.25, 0.3) is 0 Å². The number of ether oxygens (including phenoxy) is 5. The number of halogens is 1. The van der Waals surface area contributed by atoms with E-state index in [9.17, 15) is 5.21 Å². The SMILES string of the molecule is COc1ccc(Oc2cc(OCCCCCCOC3CCC=C4[C@@H]3Cn3ccc(OC)c3C=[N+]4[O-])ccc2I)cc1. The molecule has 0 fully saturated rings. The molecule has 2 aliphatic rings. The Morgan fingerprint density at radius 3 is 2.44 bits per heavy atom. The molecular weight excluding hydrogens is 635 g/mol. The highest BCUT2D eigenvalue weighted by Crippen LogP contribution is 2.34. The fourth-order valence-electron chi connectivity index (χ4n) is 5.34. The number of methoxy groups -OCH3 is 2. The zero-order chi connectivity index (χ0) is 28.6. The summed E-state index contributed by atoms with van der Waals surface area (Å²) in [6.45, 7) is 2.07. The van der Waals surface area contributed by atoms with E-state index in [1.165, 1.54) is 0 Å². The summed E-state index contributed by atoms with van der Waals surface area (Å²) in [4.78, 5) is 0. The van der Waals surface area contributed by atoms with Crippen LogP contribution in [-0.2, 0) is 11.3 Å². The predicted octanol–water partition coefficient (Wildman–Crippen LogP) is 7.16. The summed E-state index contributed by atoms with van der Waals surface area (Å²) in [6, 6.07) is 15.4. The molecule has 1 aromatic heterocycles. The second-order valence-electron chi connectivity index (χ2n) is 10.2. The first-order chi connectivity index (χ1) is 20.1. The number of allylic oxidation sites excluding steroid dienone is 1. The lowest BCUT2D eigenvalue weighted by molar-refractivity contribution is -0.409. The highest BCUT2D eigenvalue weighted by molar-refractivity contribution is 14.1. The van der Waals surface area contributed by atoms with Crippen LogP contribution in [0, 0.1) is 14.7 Å². The number of unbranched alkanes of at least 4 members (excludes halogenated alkanes) is 3. The minimum absolute atomic E-state index is 0.0387. The molecule has 0 radical (unpaired) electrons. The quantitative estimate of drug-likeness (QED) is 0.0831. The van der Waals surface area contributed by atoms with E-state index in [4.69, 9.17) is 23.7 Å². The molecule has 2 atom stereocenters. The number of hydroxylamine groups is 1. The highest BCUT2D eigenvalue weighted by Gasteiger charge is 2.37. The lowest BCUT2D eigenvalue weighted by atomic mass is 9.89. The molecule has 5 rings (SSSR count). The third-order valence-corrected chi connectivity index (χ3v) is 8.43. The van der Waals surface area contributed by atoms with Crippen LogP contribution in [-0.4, -0.2) is 49.1 Å². The lowest BCUT2D eigenvalue weighted by Gasteiger charge is -2.29. The summed E-state index contributed by atoms with van der Waals surface area (Å²) in [6.07, 6.45) is 11.6. The van der Waals surface area contributed by atoms with Gasteiger partial charge < -0.3 is 33.5 Å². The Bertz CT molecular complexity index is 1370. The van der Waals surface area contributed by atoms with Crippen molar-refractivity contribution in [3.8, 4) is 28.7 Å². The van der Waals surface area contributed by atoms with Crippen molar-refractivity contribution in [3.63, 3.8) is 0 Å². The van der Waals surface area contributed by atoms with Crippen LogP contribution in [0.3, 0.4) is 0 Å². The minimum Gasteiger partial charge on any atom is -0.618 e. The van der Waals surface area contributed by atoms with Crippen molar-refractivity contribution >= 4 is 28.8 Å². The van der Waals surface area contributed by atoms with Crippen LogP contribution in [0.4, 0.5) is 0 Å². The largest absolute Gasteiger partial charge is 0.618 e. The van der Waals surface area contributed by atoms with Crippen molar-refractivity contribution in [2.75, 3.05) is 27.4 Å². The number of hydrogen-bond acceptors (Lipinski definition) is 6. The van der Waals surface area contributed by atoms with Crippen LogP contribution >= 0.6 is 22.6 Å². The van der Waals surface area contributed by atoms with E-state index < -0.39 is 0 Å². The van der Waals surface area contributed by atoms with E-state index in [2.05, 4.69) is 33.2 Å². The van der Waals surface area contributed by atoms with Gasteiger partial charge >= 0.3 is 0 Å². The number of fused-ring (bicyclic) bond motifs is 2. The Labute approximate surface area is 255 Å². The molecule has 2 heterocycles. The number of aromatic nitrogens is 1. The molecule has 2 aromatic carbocycles. The molecule has 9 heteroatoms. The molecule has 1 aliphatic carbocycles. The average molecular weight is 673 g/mol. The van der Waals surface area contributed by atoms with E-state index in [0.29, 0.717) is 19.8 Å². The van der Waals surface area contributed by atoms with E-state index in [1.807, 2.05) is 54.7 Å². The zero-order valence-electron chi connectivity index (χ0n) is 23.6. The van der Waals surface area contributed by atoms with Crippen molar-refractivity contribution in [1.29, 1.82) is 0 Å². The molecule has 3 aromatic rings. The first kappa shape index (κ1) is 29.3. The van der Waals surface area contributed by atoms with Gasteiger partial charge in [-0.2, -0.15) is 4.74 Å². The summed E-state index contributed by atoms with van der Waals surface area (Å²) in [5.74, 6) is 3.87. The first-order valence-corrected chi connectivity index (χ1v) is 15.2. The Hall–Kier alpha value is -3.18. The first-order valence-electron chi connectivity index (χ1n) is 14.2. The molecule has 1 unspecified atom stereocenters. The Balaban J connectivity index is 1.02. The number of benzene rings is 2. The van der Waals surface area contributed by atoms with Crippen LogP contribution in [0.1, 0.15) is 44.2 Å². The zero-order valence-corrected chi connectivity index (χ0v) is 25.7. The van der Waals surface area contributed by atoms with Crippen molar-refractivity contribution in [3.05, 3.63) is 81.0 Å². The van der Waals surface area contributed by atoms with Crippen molar-refractivity contribution in [2.24, 2.45) is 5.92 Å². The predicted molar refractivity (Wildman–Crippen MR) is 167 cm³/mol. The van der Waals surface area contributed by atoms with Crippen molar-refractivity contribution in [1.82, 2.24) is 4.57 Å². The van der Waals surface area contributed by atoms with Crippen LogP contribution < -0.4 is 18.9 Å². The summed E-state index contributed by atoms with van der Waals surface area (Å²) in [5.41, 5.74) is 1.61. The van der Waals surface area contributed by atoms with Gasteiger partial charge in [0.15, 0.2) is 5.70 Å². The van der Waals surface area contributed by atoms with Gasteiger partial charge in [-0.25, -0.2) is 0 Å². The Kier molecular flexibility index (Phi) is 10.1. The number of rotatable bonds is 13. The molecular formula is C32H37IN2O6. The summed E-state index contributed by atoms with van der Waals surface area (Å²) in [7, 11) is 3.28. The summed E-state index contributed by atoms with van der Waals surface area (Å²) < 4.78 is 33.2. The van der Waals surface area contributed by atoms with Gasteiger partial charge in [-0.05, 0) is 103 Å². The van der Waals surface area contributed by atoms with Gasteiger partial charge in [0.25, 0.3) is 0 Å². The maximum atomic E-state index is 12.9. The molecule has 8 nitrogen and oxygen atoms in total. The van der Waals surface area contributed by atoms with E-state index >= 15 is 0 Å². The average Bonchev–Trinajstić information content (AvgIpc) is 3.30. The molecule has 0 amide bonds. The maximum absolute atomic E-state index is 12.9. The number of nitrogens with zero attached hydrogens (tertiary/aromatic N) is 2. The minimum atomic E-state index is 0.0387. The molecule has 0 saturated heterocycles. The normalized spacial score (nSPS) is 17.9. The Morgan fingerprint density at radius 1 is 0.902 bits per heavy atom. The third-order valence-electron chi connectivity index (χ3n) is 7.54. The molecule has 1 aliphatic heterocycles. The molecule has 218 valence electrons. The molecule has 0 N–H and O–H groups in total. The number of hydrogen-bond donors (Lipinski definition) is 0. The lowest BCUT2D eigenvalue weighted by Crippen LogP contribution is -2.33. The van der Waals surface area contributed by atoms with Crippen LogP contribution in [0.5, 0.6) is 28.7 Å². The Morgan fingerprint density at radius 2 is 1.66 bits per heavy atom. The van der Waals surface area contributed by atoms with Gasteiger partial charge in [-0.15, -0.1) is 0 Å². The third kappa shape index (κ3) is 7.37. The fraction of sp³-hybridized carbons (Fsp3) is 0.406. The molecule has 0 bridgehead atoms. The van der Waals surface area contributed by atoms with Gasteiger partial charge in [-0.1, -0.05) is 6.42 Å². The van der Waals surface area contributed by atoms with E-state index in [-0.39, 0.29) is 12.0 Å².